The summed E-state index contributed by atoms with van der Waals surface area (Å²) in [5, 5.41) is 13.2. The molecule has 0 radical (unpaired) electrons. The normalized spacial score (nSPS) is 15.7. The summed E-state index contributed by atoms with van der Waals surface area (Å²) in [4.78, 5) is 15.8. The van der Waals surface area contributed by atoms with Crippen LogP contribution in [-0.4, -0.2) is 24.0 Å². The summed E-state index contributed by atoms with van der Waals surface area (Å²) in [6, 6.07) is 14.1. The standard InChI is InChI=1S/C24H23NO2/c1-15-12-16-6-2-3-7-17(16)13-20(15)24(27)21-14-18-8-4-10-25-11-5-9-19(22(18)25)23(21)26/h2-3,6-7,12-14,26H,4-5,8-11H2,1H3. The Hall–Kier alpha value is -2.81. The maximum absolute atomic E-state index is 13.4. The zero-order chi connectivity index (χ0) is 18.5. The molecule has 0 atom stereocenters. The van der Waals surface area contributed by atoms with Gasteiger partial charge in [-0.05, 0) is 66.6 Å². The minimum atomic E-state index is -0.0718. The van der Waals surface area contributed by atoms with Crippen molar-refractivity contribution < 1.29 is 9.90 Å². The molecule has 3 aromatic rings. The number of phenols is 1. The summed E-state index contributed by atoms with van der Waals surface area (Å²) in [5.41, 5.74) is 5.48. The Balaban J connectivity index is 1.67. The van der Waals surface area contributed by atoms with Crippen LogP contribution in [0.4, 0.5) is 5.69 Å². The highest BCUT2D eigenvalue weighted by molar-refractivity contribution is 6.14. The van der Waals surface area contributed by atoms with Crippen LogP contribution in [0.2, 0.25) is 0 Å². The van der Waals surface area contributed by atoms with Crippen molar-refractivity contribution in [2.45, 2.75) is 32.6 Å². The van der Waals surface area contributed by atoms with Gasteiger partial charge in [0.05, 0.1) is 5.56 Å². The third kappa shape index (κ3) is 2.53. The first-order chi connectivity index (χ1) is 13.1. The van der Waals surface area contributed by atoms with Crippen LogP contribution < -0.4 is 4.90 Å². The van der Waals surface area contributed by atoms with Crippen LogP contribution in [-0.2, 0) is 12.8 Å². The SMILES string of the molecule is Cc1cc2ccccc2cc1C(=O)c1cc2c3c(c1O)CCCN3CCC2. The highest BCUT2D eigenvalue weighted by Crippen LogP contribution is 2.42. The molecule has 136 valence electrons. The maximum atomic E-state index is 13.4. The number of carbonyl (C=O) groups excluding carboxylic acids is 1. The zero-order valence-corrected chi connectivity index (χ0v) is 15.6. The molecule has 3 aromatic carbocycles. The van der Waals surface area contributed by atoms with Gasteiger partial charge in [0.25, 0.3) is 0 Å². The highest BCUT2D eigenvalue weighted by atomic mass is 16.3. The van der Waals surface area contributed by atoms with E-state index < -0.39 is 0 Å². The zero-order valence-electron chi connectivity index (χ0n) is 15.6. The molecule has 3 heteroatoms. The molecule has 3 nitrogen and oxygen atoms in total. The minimum absolute atomic E-state index is 0.0718. The molecule has 0 unspecified atom stereocenters. The number of hydrogen-bond donors (Lipinski definition) is 1. The average Bonchev–Trinajstić information content (AvgIpc) is 2.69. The number of rotatable bonds is 2. The Kier molecular flexibility index (Phi) is 3.71. The molecule has 2 heterocycles. The second-order valence-electron chi connectivity index (χ2n) is 7.80. The average molecular weight is 357 g/mol. The maximum Gasteiger partial charge on any atom is 0.197 e. The lowest BCUT2D eigenvalue weighted by Gasteiger charge is -2.37. The van der Waals surface area contributed by atoms with Crippen LogP contribution in [0.1, 0.15) is 45.5 Å². The molecule has 5 rings (SSSR count). The van der Waals surface area contributed by atoms with Gasteiger partial charge in [-0.3, -0.25) is 4.79 Å². The van der Waals surface area contributed by atoms with E-state index in [1.807, 2.05) is 37.3 Å². The first kappa shape index (κ1) is 16.4. The van der Waals surface area contributed by atoms with Gasteiger partial charge in [-0.1, -0.05) is 30.3 Å². The number of aryl methyl sites for hydroxylation is 2. The number of ketones is 1. The van der Waals surface area contributed by atoms with Gasteiger partial charge in [-0.15, -0.1) is 0 Å². The molecule has 0 amide bonds. The van der Waals surface area contributed by atoms with Gasteiger partial charge < -0.3 is 10.0 Å². The van der Waals surface area contributed by atoms with Crippen molar-refractivity contribution in [2.75, 3.05) is 18.0 Å². The molecule has 0 aromatic heterocycles. The molecular weight excluding hydrogens is 334 g/mol. The number of benzene rings is 3. The minimum Gasteiger partial charge on any atom is -0.507 e. The number of carbonyl (C=O) groups is 1. The van der Waals surface area contributed by atoms with Gasteiger partial charge in [-0.2, -0.15) is 0 Å². The summed E-state index contributed by atoms with van der Waals surface area (Å²) in [5.74, 6) is 0.121. The van der Waals surface area contributed by atoms with Crippen LogP contribution in [0, 0.1) is 6.92 Å². The van der Waals surface area contributed by atoms with E-state index in [2.05, 4.69) is 17.0 Å². The molecule has 0 spiro atoms. The monoisotopic (exact) mass is 357 g/mol. The number of fused-ring (bicyclic) bond motifs is 1. The Bertz CT molecular complexity index is 1080. The second-order valence-corrected chi connectivity index (χ2v) is 7.80. The number of aromatic hydroxyl groups is 1. The number of nitrogens with zero attached hydrogens (tertiary/aromatic N) is 1. The first-order valence-electron chi connectivity index (χ1n) is 9.80. The van der Waals surface area contributed by atoms with Gasteiger partial charge >= 0.3 is 0 Å². The van der Waals surface area contributed by atoms with E-state index in [9.17, 15) is 9.90 Å². The number of anilines is 1. The Morgan fingerprint density at radius 1 is 0.963 bits per heavy atom. The van der Waals surface area contributed by atoms with Crippen LogP contribution in [0.5, 0.6) is 5.75 Å². The topological polar surface area (TPSA) is 40.5 Å². The van der Waals surface area contributed by atoms with Gasteiger partial charge in [-0.25, -0.2) is 0 Å². The third-order valence-corrected chi connectivity index (χ3v) is 6.08. The summed E-state index contributed by atoms with van der Waals surface area (Å²) < 4.78 is 0. The van der Waals surface area contributed by atoms with E-state index in [1.54, 1.807) is 0 Å². The van der Waals surface area contributed by atoms with Crippen LogP contribution in [0.25, 0.3) is 10.8 Å². The van der Waals surface area contributed by atoms with Crippen LogP contribution in [0.3, 0.4) is 0 Å². The van der Waals surface area contributed by atoms with Crippen molar-refractivity contribution >= 4 is 22.2 Å². The molecule has 0 bridgehead atoms. The first-order valence-corrected chi connectivity index (χ1v) is 9.80. The molecule has 0 saturated carbocycles. The molecule has 1 N–H and O–H groups in total. The van der Waals surface area contributed by atoms with Gasteiger partial charge in [0.15, 0.2) is 5.78 Å². The van der Waals surface area contributed by atoms with E-state index in [0.29, 0.717) is 11.1 Å². The Morgan fingerprint density at radius 3 is 2.44 bits per heavy atom. The fraction of sp³-hybridized carbons (Fsp3) is 0.292. The van der Waals surface area contributed by atoms with Crippen molar-refractivity contribution in [3.63, 3.8) is 0 Å². The lowest BCUT2D eigenvalue weighted by Crippen LogP contribution is -2.34. The largest absolute Gasteiger partial charge is 0.507 e. The third-order valence-electron chi connectivity index (χ3n) is 6.08. The molecule has 2 aliphatic rings. The fourth-order valence-electron chi connectivity index (χ4n) is 4.76. The number of phenolic OH excluding ortho intramolecular Hbond substituents is 1. The molecule has 0 fully saturated rings. The molecular formula is C24H23NO2. The van der Waals surface area contributed by atoms with Crippen molar-refractivity contribution in [1.29, 1.82) is 0 Å². The van der Waals surface area contributed by atoms with Crippen LogP contribution in [0.15, 0.2) is 42.5 Å². The quantitative estimate of drug-likeness (QED) is 0.671. The smallest absolute Gasteiger partial charge is 0.197 e. The van der Waals surface area contributed by atoms with Gasteiger partial charge in [0.1, 0.15) is 5.75 Å². The second kappa shape index (κ2) is 6.12. The van der Waals surface area contributed by atoms with Crippen molar-refractivity contribution in [1.82, 2.24) is 0 Å². The van der Waals surface area contributed by atoms with E-state index in [4.69, 9.17) is 0 Å². The lowest BCUT2D eigenvalue weighted by atomic mass is 9.86. The van der Waals surface area contributed by atoms with Crippen molar-refractivity contribution in [2.24, 2.45) is 0 Å². The predicted molar refractivity (Wildman–Crippen MR) is 109 cm³/mol. The molecule has 27 heavy (non-hydrogen) atoms. The Labute approximate surface area is 159 Å². The highest BCUT2D eigenvalue weighted by Gasteiger charge is 2.29. The van der Waals surface area contributed by atoms with Gasteiger partial charge in [0.2, 0.25) is 0 Å². The van der Waals surface area contributed by atoms with E-state index in [0.717, 1.165) is 60.7 Å². The summed E-state index contributed by atoms with van der Waals surface area (Å²) >= 11 is 0. The van der Waals surface area contributed by atoms with E-state index in [1.165, 1.54) is 11.3 Å². The van der Waals surface area contributed by atoms with E-state index >= 15 is 0 Å². The van der Waals surface area contributed by atoms with Crippen molar-refractivity contribution in [3.05, 3.63) is 70.3 Å². The summed E-state index contributed by atoms with van der Waals surface area (Å²) in [6.07, 6.45) is 3.98. The Morgan fingerprint density at radius 2 is 1.67 bits per heavy atom. The number of hydrogen-bond acceptors (Lipinski definition) is 3. The summed E-state index contributed by atoms with van der Waals surface area (Å²) in [6.45, 7) is 4.08. The van der Waals surface area contributed by atoms with E-state index in [-0.39, 0.29) is 11.5 Å². The van der Waals surface area contributed by atoms with Crippen LogP contribution >= 0.6 is 0 Å². The lowest BCUT2D eigenvalue weighted by molar-refractivity contribution is 0.103. The molecule has 0 saturated heterocycles. The molecule has 2 aliphatic heterocycles. The summed E-state index contributed by atoms with van der Waals surface area (Å²) in [7, 11) is 0. The predicted octanol–water partition coefficient (Wildman–Crippen LogP) is 4.78. The fourth-order valence-corrected chi connectivity index (χ4v) is 4.76. The van der Waals surface area contributed by atoms with Gasteiger partial charge in [0, 0.05) is 29.9 Å². The molecule has 0 aliphatic carbocycles. The van der Waals surface area contributed by atoms with Crippen molar-refractivity contribution in [3.8, 4) is 5.75 Å².